The maximum Gasteiger partial charge on any atom is 0.310 e. The van der Waals surface area contributed by atoms with Crippen LogP contribution in [0.1, 0.15) is 58.3 Å². The molecule has 1 rings (SSSR count). The third-order valence-corrected chi connectivity index (χ3v) is 3.99. The minimum Gasteiger partial charge on any atom is -0.481 e. The van der Waals surface area contributed by atoms with Gasteiger partial charge in [0.15, 0.2) is 0 Å². The van der Waals surface area contributed by atoms with Crippen LogP contribution in [0.25, 0.3) is 0 Å². The number of carbonyl (C=O) groups is 2. The average molecular weight is 265 g/mol. The van der Waals surface area contributed by atoms with Crippen LogP contribution >= 0.6 is 0 Å². The van der Waals surface area contributed by atoms with Crippen molar-refractivity contribution >= 4 is 11.9 Å². The van der Waals surface area contributed by atoms with Gasteiger partial charge in [-0.25, -0.2) is 0 Å². The molecular formula is C15H23NO3. The molecule has 4 heteroatoms. The summed E-state index contributed by atoms with van der Waals surface area (Å²) in [4.78, 5) is 23.5. The van der Waals surface area contributed by atoms with Crippen LogP contribution in [0.3, 0.4) is 0 Å². The van der Waals surface area contributed by atoms with Crippen molar-refractivity contribution in [2.24, 2.45) is 5.41 Å². The van der Waals surface area contributed by atoms with Gasteiger partial charge in [0.2, 0.25) is 5.91 Å². The molecule has 1 aliphatic rings. The predicted molar refractivity (Wildman–Crippen MR) is 73.4 cm³/mol. The first-order chi connectivity index (χ1) is 9.04. The van der Waals surface area contributed by atoms with Gasteiger partial charge in [0, 0.05) is 18.9 Å². The molecule has 0 aromatic heterocycles. The highest BCUT2D eigenvalue weighted by Gasteiger charge is 2.41. The Hall–Kier alpha value is -1.50. The lowest BCUT2D eigenvalue weighted by Crippen LogP contribution is -2.42. The standard InChI is InChI=1S/C15H23NO3/c1-3-8-12(4-2)16-13(17)11-15(14(18)19)9-6-5-7-10-15/h1,12H,4-11H2,2H3,(H,16,17)(H,18,19). The summed E-state index contributed by atoms with van der Waals surface area (Å²) in [5.74, 6) is 1.50. The first kappa shape index (κ1) is 15.6. The lowest BCUT2D eigenvalue weighted by Gasteiger charge is -2.33. The molecule has 0 saturated heterocycles. The topological polar surface area (TPSA) is 66.4 Å². The van der Waals surface area contributed by atoms with Crippen LogP contribution in [-0.4, -0.2) is 23.0 Å². The molecule has 2 N–H and O–H groups in total. The Morgan fingerprint density at radius 1 is 1.37 bits per heavy atom. The van der Waals surface area contributed by atoms with Crippen molar-refractivity contribution in [1.82, 2.24) is 5.32 Å². The zero-order valence-electron chi connectivity index (χ0n) is 11.6. The molecule has 0 heterocycles. The average Bonchev–Trinajstić information content (AvgIpc) is 2.39. The molecule has 1 unspecified atom stereocenters. The maximum absolute atomic E-state index is 12.0. The number of amides is 1. The lowest BCUT2D eigenvalue weighted by atomic mass is 9.71. The molecule has 0 aliphatic heterocycles. The summed E-state index contributed by atoms with van der Waals surface area (Å²) >= 11 is 0. The van der Waals surface area contributed by atoms with Gasteiger partial charge in [0.25, 0.3) is 0 Å². The van der Waals surface area contributed by atoms with Crippen LogP contribution in [0.5, 0.6) is 0 Å². The molecule has 1 atom stereocenters. The Kier molecular flexibility index (Phi) is 5.88. The Balaban J connectivity index is 2.62. The van der Waals surface area contributed by atoms with E-state index in [0.29, 0.717) is 19.3 Å². The molecule has 0 spiro atoms. The molecule has 1 aliphatic carbocycles. The van der Waals surface area contributed by atoms with E-state index in [-0.39, 0.29) is 18.4 Å². The Bertz CT molecular complexity index is 364. The van der Waals surface area contributed by atoms with Crippen LogP contribution in [0.4, 0.5) is 0 Å². The molecule has 1 amide bonds. The van der Waals surface area contributed by atoms with Crippen molar-refractivity contribution in [3.8, 4) is 12.3 Å². The second kappa shape index (κ2) is 7.18. The van der Waals surface area contributed by atoms with Crippen molar-refractivity contribution < 1.29 is 14.7 Å². The molecule has 1 saturated carbocycles. The summed E-state index contributed by atoms with van der Waals surface area (Å²) in [6.45, 7) is 1.95. The summed E-state index contributed by atoms with van der Waals surface area (Å²) in [6, 6.07) is -0.0491. The number of terminal acetylenes is 1. The highest BCUT2D eigenvalue weighted by molar-refractivity contribution is 5.85. The largest absolute Gasteiger partial charge is 0.481 e. The monoisotopic (exact) mass is 265 g/mol. The molecule has 4 nitrogen and oxygen atoms in total. The van der Waals surface area contributed by atoms with E-state index in [4.69, 9.17) is 6.42 Å². The zero-order valence-corrected chi connectivity index (χ0v) is 11.6. The van der Waals surface area contributed by atoms with Crippen LogP contribution in [-0.2, 0) is 9.59 Å². The number of rotatable bonds is 6. The van der Waals surface area contributed by atoms with E-state index < -0.39 is 11.4 Å². The highest BCUT2D eigenvalue weighted by atomic mass is 16.4. The van der Waals surface area contributed by atoms with E-state index in [1.807, 2.05) is 6.92 Å². The van der Waals surface area contributed by atoms with Gasteiger partial charge in [-0.15, -0.1) is 12.3 Å². The van der Waals surface area contributed by atoms with Gasteiger partial charge in [-0.05, 0) is 19.3 Å². The molecule has 106 valence electrons. The number of nitrogens with one attached hydrogen (secondary N) is 1. The second-order valence-electron chi connectivity index (χ2n) is 5.40. The van der Waals surface area contributed by atoms with Crippen molar-refractivity contribution in [1.29, 1.82) is 0 Å². The predicted octanol–water partition coefficient (Wildman–Crippen LogP) is 2.33. The van der Waals surface area contributed by atoms with Crippen molar-refractivity contribution in [3.05, 3.63) is 0 Å². The minimum absolute atomic E-state index is 0.0491. The summed E-state index contributed by atoms with van der Waals surface area (Å²) in [5.41, 5.74) is -0.864. The summed E-state index contributed by atoms with van der Waals surface area (Å²) < 4.78 is 0. The normalized spacial score (nSPS) is 19.2. The first-order valence-electron chi connectivity index (χ1n) is 7.00. The Morgan fingerprint density at radius 3 is 2.47 bits per heavy atom. The smallest absolute Gasteiger partial charge is 0.310 e. The van der Waals surface area contributed by atoms with Crippen LogP contribution in [0.15, 0.2) is 0 Å². The third-order valence-electron chi connectivity index (χ3n) is 3.99. The van der Waals surface area contributed by atoms with E-state index in [9.17, 15) is 14.7 Å². The Labute approximate surface area is 115 Å². The highest BCUT2D eigenvalue weighted by Crippen LogP contribution is 2.39. The number of hydrogen-bond acceptors (Lipinski definition) is 2. The molecule has 0 aromatic carbocycles. The number of hydrogen-bond donors (Lipinski definition) is 2. The van der Waals surface area contributed by atoms with Gasteiger partial charge in [-0.3, -0.25) is 9.59 Å². The summed E-state index contributed by atoms with van der Waals surface area (Å²) in [5, 5.41) is 12.3. The molecule has 19 heavy (non-hydrogen) atoms. The van der Waals surface area contributed by atoms with Gasteiger partial charge in [0.1, 0.15) is 0 Å². The van der Waals surface area contributed by atoms with Gasteiger partial charge in [-0.2, -0.15) is 0 Å². The molecular weight excluding hydrogens is 242 g/mol. The van der Waals surface area contributed by atoms with E-state index in [1.165, 1.54) is 0 Å². The lowest BCUT2D eigenvalue weighted by molar-refractivity contribution is -0.154. The molecule has 0 aromatic rings. The summed E-state index contributed by atoms with van der Waals surface area (Å²) in [7, 11) is 0. The van der Waals surface area contributed by atoms with Crippen LogP contribution in [0, 0.1) is 17.8 Å². The number of carboxylic acid groups (broad SMARTS) is 1. The fraction of sp³-hybridized carbons (Fsp3) is 0.733. The molecule has 0 radical (unpaired) electrons. The number of carbonyl (C=O) groups excluding carboxylic acids is 1. The first-order valence-corrected chi connectivity index (χ1v) is 7.00. The second-order valence-corrected chi connectivity index (χ2v) is 5.40. The summed E-state index contributed by atoms with van der Waals surface area (Å²) in [6.07, 6.45) is 10.6. The Morgan fingerprint density at radius 2 is 2.00 bits per heavy atom. The number of aliphatic carboxylic acids is 1. The fourth-order valence-electron chi connectivity index (χ4n) is 2.72. The van der Waals surface area contributed by atoms with Gasteiger partial charge in [0.05, 0.1) is 5.41 Å². The van der Waals surface area contributed by atoms with Crippen LogP contribution < -0.4 is 5.32 Å². The van der Waals surface area contributed by atoms with Gasteiger partial charge in [-0.1, -0.05) is 26.2 Å². The van der Waals surface area contributed by atoms with E-state index in [2.05, 4.69) is 11.2 Å². The van der Waals surface area contributed by atoms with Crippen LogP contribution in [0.2, 0.25) is 0 Å². The number of carboxylic acids is 1. The minimum atomic E-state index is -0.864. The fourth-order valence-corrected chi connectivity index (χ4v) is 2.72. The maximum atomic E-state index is 12.0. The zero-order chi connectivity index (χ0) is 14.3. The molecule has 0 bridgehead atoms. The van der Waals surface area contributed by atoms with E-state index in [0.717, 1.165) is 25.7 Å². The SMILES string of the molecule is C#CCC(CC)NC(=O)CC1(C(=O)O)CCCCC1. The van der Waals surface area contributed by atoms with E-state index >= 15 is 0 Å². The quantitative estimate of drug-likeness (QED) is 0.724. The molecule has 1 fully saturated rings. The third kappa shape index (κ3) is 4.27. The van der Waals surface area contributed by atoms with Gasteiger partial charge >= 0.3 is 5.97 Å². The van der Waals surface area contributed by atoms with E-state index in [1.54, 1.807) is 0 Å². The van der Waals surface area contributed by atoms with Crippen molar-refractivity contribution in [2.45, 2.75) is 64.3 Å². The van der Waals surface area contributed by atoms with Crippen molar-refractivity contribution in [3.63, 3.8) is 0 Å². The van der Waals surface area contributed by atoms with Crippen molar-refractivity contribution in [2.75, 3.05) is 0 Å². The van der Waals surface area contributed by atoms with Gasteiger partial charge < -0.3 is 10.4 Å².